The average molecular weight is 203 g/mol. The molecule has 4 nitrogen and oxygen atoms in total. The summed E-state index contributed by atoms with van der Waals surface area (Å²) in [4.78, 5) is 10.8. The number of aliphatic hydroxyl groups is 1. The third-order valence-electron chi connectivity index (χ3n) is 2.16. The molecule has 14 heavy (non-hydrogen) atoms. The van der Waals surface area contributed by atoms with Gasteiger partial charge in [0.2, 0.25) is 0 Å². The highest BCUT2D eigenvalue weighted by molar-refractivity contribution is 5.73. The monoisotopic (exact) mass is 203 g/mol. The Balaban J connectivity index is 4.14. The number of rotatable bonds is 6. The molecule has 4 heteroatoms. The molecule has 0 saturated carbocycles. The van der Waals surface area contributed by atoms with E-state index in [0.717, 1.165) is 0 Å². The topological polar surface area (TPSA) is 69.6 Å². The fourth-order valence-corrected chi connectivity index (χ4v) is 1.05. The quantitative estimate of drug-likeness (QED) is 0.594. The van der Waals surface area contributed by atoms with E-state index >= 15 is 0 Å². The van der Waals surface area contributed by atoms with E-state index in [-0.39, 0.29) is 17.9 Å². The second-order valence-corrected chi connectivity index (χ2v) is 4.76. The molecule has 0 fully saturated rings. The molecular weight excluding hydrogens is 182 g/mol. The molecule has 0 heterocycles. The normalized spacial score (nSPS) is 14.4. The molecular formula is C10H21NO3. The molecule has 0 aromatic carbocycles. The largest absolute Gasteiger partial charge is 0.480 e. The Hall–Kier alpha value is -0.610. The minimum absolute atomic E-state index is 0.0435. The van der Waals surface area contributed by atoms with Crippen LogP contribution >= 0.6 is 0 Å². The molecule has 1 atom stereocenters. The van der Waals surface area contributed by atoms with E-state index in [1.807, 2.05) is 27.7 Å². The Morgan fingerprint density at radius 2 is 1.93 bits per heavy atom. The van der Waals surface area contributed by atoms with Gasteiger partial charge in [-0.25, -0.2) is 0 Å². The van der Waals surface area contributed by atoms with Crippen molar-refractivity contribution < 1.29 is 15.0 Å². The van der Waals surface area contributed by atoms with Crippen LogP contribution in [0.3, 0.4) is 0 Å². The van der Waals surface area contributed by atoms with E-state index in [9.17, 15) is 4.79 Å². The third-order valence-corrected chi connectivity index (χ3v) is 2.16. The van der Waals surface area contributed by atoms with Gasteiger partial charge in [-0.3, -0.25) is 4.79 Å². The second-order valence-electron chi connectivity index (χ2n) is 4.76. The molecule has 0 amide bonds. The Labute approximate surface area is 85.3 Å². The SMILES string of the molecule is CC(C)C(NCC(C)(C)CO)C(=O)O. The molecule has 84 valence electrons. The van der Waals surface area contributed by atoms with E-state index in [1.165, 1.54) is 0 Å². The highest BCUT2D eigenvalue weighted by Crippen LogP contribution is 2.13. The van der Waals surface area contributed by atoms with Gasteiger partial charge in [0.1, 0.15) is 6.04 Å². The summed E-state index contributed by atoms with van der Waals surface area (Å²) in [5.41, 5.74) is -0.275. The predicted molar refractivity (Wildman–Crippen MR) is 55.1 cm³/mol. The number of nitrogens with one attached hydrogen (secondary N) is 1. The first-order chi connectivity index (χ1) is 6.30. The number of hydrogen-bond donors (Lipinski definition) is 3. The summed E-state index contributed by atoms with van der Waals surface area (Å²) in [6.45, 7) is 8.04. The molecule has 0 saturated heterocycles. The zero-order valence-corrected chi connectivity index (χ0v) is 9.37. The first kappa shape index (κ1) is 13.4. The van der Waals surface area contributed by atoms with Gasteiger partial charge in [-0.05, 0) is 5.92 Å². The van der Waals surface area contributed by atoms with E-state index in [0.29, 0.717) is 6.54 Å². The van der Waals surface area contributed by atoms with Crippen LogP contribution in [-0.2, 0) is 4.79 Å². The average Bonchev–Trinajstić information content (AvgIpc) is 2.03. The predicted octanol–water partition coefficient (Wildman–Crippen LogP) is 0.704. The van der Waals surface area contributed by atoms with Gasteiger partial charge < -0.3 is 15.5 Å². The van der Waals surface area contributed by atoms with Gasteiger partial charge in [0.05, 0.1) is 0 Å². The van der Waals surface area contributed by atoms with Gasteiger partial charge in [-0.15, -0.1) is 0 Å². The van der Waals surface area contributed by atoms with E-state index in [2.05, 4.69) is 5.32 Å². The van der Waals surface area contributed by atoms with Crippen molar-refractivity contribution in [2.24, 2.45) is 11.3 Å². The highest BCUT2D eigenvalue weighted by atomic mass is 16.4. The Morgan fingerprint density at radius 3 is 2.21 bits per heavy atom. The summed E-state index contributed by atoms with van der Waals surface area (Å²) in [6, 6.07) is -0.541. The Kier molecular flexibility index (Phi) is 5.08. The summed E-state index contributed by atoms with van der Waals surface area (Å²) >= 11 is 0. The molecule has 0 aliphatic carbocycles. The van der Waals surface area contributed by atoms with Crippen LogP contribution in [0.2, 0.25) is 0 Å². The zero-order valence-electron chi connectivity index (χ0n) is 9.37. The minimum Gasteiger partial charge on any atom is -0.480 e. The zero-order chi connectivity index (χ0) is 11.4. The molecule has 3 N–H and O–H groups in total. The van der Waals surface area contributed by atoms with Crippen LogP contribution in [0.1, 0.15) is 27.7 Å². The van der Waals surface area contributed by atoms with Crippen molar-refractivity contribution in [1.29, 1.82) is 0 Å². The van der Waals surface area contributed by atoms with Crippen LogP contribution in [0, 0.1) is 11.3 Å². The first-order valence-electron chi connectivity index (χ1n) is 4.87. The maximum Gasteiger partial charge on any atom is 0.320 e. The van der Waals surface area contributed by atoms with Gasteiger partial charge in [0.15, 0.2) is 0 Å². The van der Waals surface area contributed by atoms with Crippen LogP contribution in [-0.4, -0.2) is 35.4 Å². The molecule has 0 aromatic heterocycles. The van der Waals surface area contributed by atoms with E-state index < -0.39 is 12.0 Å². The second kappa shape index (κ2) is 5.32. The van der Waals surface area contributed by atoms with E-state index in [4.69, 9.17) is 10.2 Å². The number of carboxylic acid groups (broad SMARTS) is 1. The first-order valence-corrected chi connectivity index (χ1v) is 4.87. The Bertz CT molecular complexity index is 190. The molecule has 0 aromatic rings. The number of carboxylic acids is 1. The van der Waals surface area contributed by atoms with Gasteiger partial charge >= 0.3 is 5.97 Å². The van der Waals surface area contributed by atoms with Gasteiger partial charge in [0, 0.05) is 18.6 Å². The van der Waals surface area contributed by atoms with Crippen LogP contribution in [0.4, 0.5) is 0 Å². The van der Waals surface area contributed by atoms with Crippen molar-refractivity contribution >= 4 is 5.97 Å². The lowest BCUT2D eigenvalue weighted by molar-refractivity contribution is -0.140. The Morgan fingerprint density at radius 1 is 1.43 bits per heavy atom. The molecule has 0 radical (unpaired) electrons. The molecule has 0 bridgehead atoms. The van der Waals surface area contributed by atoms with Crippen molar-refractivity contribution in [3.05, 3.63) is 0 Å². The highest BCUT2D eigenvalue weighted by Gasteiger charge is 2.24. The van der Waals surface area contributed by atoms with E-state index in [1.54, 1.807) is 0 Å². The molecule has 1 unspecified atom stereocenters. The van der Waals surface area contributed by atoms with Crippen LogP contribution in [0.5, 0.6) is 0 Å². The lowest BCUT2D eigenvalue weighted by Gasteiger charge is -2.26. The maximum absolute atomic E-state index is 10.8. The van der Waals surface area contributed by atoms with Crippen molar-refractivity contribution in [3.63, 3.8) is 0 Å². The number of carbonyl (C=O) groups is 1. The van der Waals surface area contributed by atoms with Crippen LogP contribution < -0.4 is 5.32 Å². The summed E-state index contributed by atoms with van der Waals surface area (Å²) in [5, 5.41) is 20.8. The standard InChI is InChI=1S/C10H21NO3/c1-7(2)8(9(13)14)11-5-10(3,4)6-12/h7-8,11-12H,5-6H2,1-4H3,(H,13,14). The van der Waals surface area contributed by atoms with Crippen molar-refractivity contribution in [1.82, 2.24) is 5.32 Å². The number of aliphatic hydroxyl groups excluding tert-OH is 1. The number of aliphatic carboxylic acids is 1. The minimum atomic E-state index is -0.839. The lowest BCUT2D eigenvalue weighted by Crippen LogP contribution is -2.45. The fraction of sp³-hybridized carbons (Fsp3) is 0.900. The van der Waals surface area contributed by atoms with Crippen molar-refractivity contribution in [2.45, 2.75) is 33.7 Å². The van der Waals surface area contributed by atoms with Gasteiger partial charge in [0.25, 0.3) is 0 Å². The van der Waals surface area contributed by atoms with Gasteiger partial charge in [-0.1, -0.05) is 27.7 Å². The number of hydrogen-bond acceptors (Lipinski definition) is 3. The summed E-state index contributed by atoms with van der Waals surface area (Å²) in [7, 11) is 0. The van der Waals surface area contributed by atoms with Crippen molar-refractivity contribution in [3.8, 4) is 0 Å². The summed E-state index contributed by atoms with van der Waals surface area (Å²) in [6.07, 6.45) is 0. The summed E-state index contributed by atoms with van der Waals surface area (Å²) < 4.78 is 0. The molecule has 0 rings (SSSR count). The van der Waals surface area contributed by atoms with Gasteiger partial charge in [-0.2, -0.15) is 0 Å². The maximum atomic E-state index is 10.8. The smallest absolute Gasteiger partial charge is 0.320 e. The molecule has 0 aliphatic rings. The van der Waals surface area contributed by atoms with Crippen LogP contribution in [0.25, 0.3) is 0 Å². The van der Waals surface area contributed by atoms with Crippen molar-refractivity contribution in [2.75, 3.05) is 13.2 Å². The lowest BCUT2D eigenvalue weighted by atomic mass is 9.93. The molecule has 0 aliphatic heterocycles. The third kappa shape index (κ3) is 4.58. The molecule has 0 spiro atoms. The van der Waals surface area contributed by atoms with Crippen LogP contribution in [0.15, 0.2) is 0 Å². The fourth-order valence-electron chi connectivity index (χ4n) is 1.05. The summed E-state index contributed by atoms with van der Waals surface area (Å²) in [5.74, 6) is -0.796.